The summed E-state index contributed by atoms with van der Waals surface area (Å²) >= 11 is 0. The van der Waals surface area contributed by atoms with Crippen molar-refractivity contribution in [1.82, 2.24) is 5.32 Å². The lowest BCUT2D eigenvalue weighted by Crippen LogP contribution is -2.33. The molecule has 0 heterocycles. The number of carbonyl (C=O) groups excluding carboxylic acids is 1. The number of benzene rings is 2. The van der Waals surface area contributed by atoms with Gasteiger partial charge in [0.25, 0.3) is 13.3 Å². The molecule has 0 radical (unpaired) electrons. The second kappa shape index (κ2) is 8.31. The lowest BCUT2D eigenvalue weighted by Gasteiger charge is -2.16. The van der Waals surface area contributed by atoms with Crippen molar-refractivity contribution >= 4 is 19.0 Å². The number of nitrogens with one attached hydrogen (secondary N) is 1. The third-order valence-corrected chi connectivity index (χ3v) is 4.34. The summed E-state index contributed by atoms with van der Waals surface area (Å²) in [7, 11) is -1.69. The van der Waals surface area contributed by atoms with Crippen molar-refractivity contribution in [3.8, 4) is 5.75 Å². The Morgan fingerprint density at radius 3 is 2.25 bits per heavy atom. The SMILES string of the molecule is CON=C(C(=O)NCP(C)(=O)Oc1ccccc1)c1ccccc1. The van der Waals surface area contributed by atoms with Gasteiger partial charge in [-0.05, 0) is 12.1 Å². The van der Waals surface area contributed by atoms with E-state index in [4.69, 9.17) is 9.36 Å². The molecule has 0 bridgehead atoms. The number of carbonyl (C=O) groups is 1. The molecule has 2 aromatic rings. The Hall–Kier alpha value is -2.59. The van der Waals surface area contributed by atoms with Gasteiger partial charge in [-0.3, -0.25) is 9.36 Å². The molecule has 0 aliphatic heterocycles. The zero-order valence-corrected chi connectivity index (χ0v) is 14.4. The van der Waals surface area contributed by atoms with Crippen molar-refractivity contribution in [2.24, 2.45) is 5.16 Å². The van der Waals surface area contributed by atoms with Gasteiger partial charge < -0.3 is 14.7 Å². The summed E-state index contributed by atoms with van der Waals surface area (Å²) in [5.74, 6) is 0.00760. The minimum atomic E-state index is -3.05. The molecule has 126 valence electrons. The van der Waals surface area contributed by atoms with Gasteiger partial charge in [0.15, 0.2) is 5.71 Å². The van der Waals surface area contributed by atoms with Crippen LogP contribution in [0.2, 0.25) is 0 Å². The van der Waals surface area contributed by atoms with Crippen LogP contribution >= 0.6 is 7.37 Å². The molecule has 2 rings (SSSR count). The van der Waals surface area contributed by atoms with E-state index in [0.29, 0.717) is 11.3 Å². The highest BCUT2D eigenvalue weighted by molar-refractivity contribution is 7.58. The van der Waals surface area contributed by atoms with Gasteiger partial charge in [0.2, 0.25) is 0 Å². The predicted molar refractivity (Wildman–Crippen MR) is 93.6 cm³/mol. The zero-order valence-electron chi connectivity index (χ0n) is 13.5. The van der Waals surface area contributed by atoms with Gasteiger partial charge in [0.05, 0.1) is 0 Å². The molecule has 2 aromatic carbocycles. The quantitative estimate of drug-likeness (QED) is 0.475. The Morgan fingerprint density at radius 1 is 1.08 bits per heavy atom. The first-order chi connectivity index (χ1) is 11.5. The lowest BCUT2D eigenvalue weighted by atomic mass is 10.1. The van der Waals surface area contributed by atoms with E-state index in [-0.39, 0.29) is 12.0 Å². The van der Waals surface area contributed by atoms with Gasteiger partial charge in [-0.1, -0.05) is 53.7 Å². The van der Waals surface area contributed by atoms with Crippen LogP contribution in [0.5, 0.6) is 5.75 Å². The molecule has 0 saturated carbocycles. The summed E-state index contributed by atoms with van der Waals surface area (Å²) < 4.78 is 18.0. The molecule has 6 nitrogen and oxygen atoms in total. The second-order valence-corrected chi connectivity index (χ2v) is 7.60. The first kappa shape index (κ1) is 17.8. The molecule has 0 aliphatic rings. The molecule has 0 spiro atoms. The molecule has 0 saturated heterocycles. The molecule has 0 fully saturated rings. The number of oxime groups is 1. The fraction of sp³-hybridized carbons (Fsp3) is 0.176. The smallest absolute Gasteiger partial charge is 0.274 e. The van der Waals surface area contributed by atoms with E-state index < -0.39 is 13.3 Å². The van der Waals surface area contributed by atoms with Crippen LogP contribution in [0.3, 0.4) is 0 Å². The number of amides is 1. The number of hydrogen-bond donors (Lipinski definition) is 1. The van der Waals surface area contributed by atoms with Crippen molar-refractivity contribution < 1.29 is 18.7 Å². The van der Waals surface area contributed by atoms with E-state index in [2.05, 4.69) is 10.5 Å². The van der Waals surface area contributed by atoms with E-state index in [1.807, 2.05) is 12.1 Å². The summed E-state index contributed by atoms with van der Waals surface area (Å²) in [6.45, 7) is 1.47. The molecule has 1 N–H and O–H groups in total. The van der Waals surface area contributed by atoms with Gasteiger partial charge >= 0.3 is 0 Å². The Labute approximate surface area is 140 Å². The first-order valence-electron chi connectivity index (χ1n) is 7.28. The van der Waals surface area contributed by atoms with Crippen molar-refractivity contribution in [1.29, 1.82) is 0 Å². The Morgan fingerprint density at radius 2 is 1.67 bits per heavy atom. The summed E-state index contributed by atoms with van der Waals surface area (Å²) in [5.41, 5.74) is 0.713. The van der Waals surface area contributed by atoms with Gasteiger partial charge in [-0.2, -0.15) is 0 Å². The average Bonchev–Trinajstić information content (AvgIpc) is 2.59. The molecule has 0 aromatic heterocycles. The van der Waals surface area contributed by atoms with Crippen molar-refractivity contribution in [3.63, 3.8) is 0 Å². The van der Waals surface area contributed by atoms with Crippen LogP contribution in [0.15, 0.2) is 65.8 Å². The van der Waals surface area contributed by atoms with Crippen molar-refractivity contribution in [2.75, 3.05) is 20.1 Å². The van der Waals surface area contributed by atoms with Crippen LogP contribution in [-0.4, -0.2) is 31.7 Å². The first-order valence-corrected chi connectivity index (χ1v) is 9.53. The Bertz CT molecular complexity index is 748. The van der Waals surface area contributed by atoms with Crippen LogP contribution in [0, 0.1) is 0 Å². The molecule has 0 aliphatic carbocycles. The number of rotatable bonds is 7. The van der Waals surface area contributed by atoms with Gasteiger partial charge in [0, 0.05) is 12.2 Å². The van der Waals surface area contributed by atoms with Crippen LogP contribution in [-0.2, 0) is 14.2 Å². The zero-order chi connectivity index (χ0) is 17.4. The fourth-order valence-electron chi connectivity index (χ4n) is 1.95. The van der Waals surface area contributed by atoms with E-state index in [9.17, 15) is 9.36 Å². The lowest BCUT2D eigenvalue weighted by molar-refractivity contribution is -0.114. The molecule has 1 atom stereocenters. The van der Waals surface area contributed by atoms with Crippen molar-refractivity contribution in [2.45, 2.75) is 0 Å². The maximum absolute atomic E-state index is 12.5. The maximum atomic E-state index is 12.5. The number of para-hydroxylation sites is 1. The third-order valence-electron chi connectivity index (χ3n) is 3.01. The fourth-order valence-corrected chi connectivity index (χ4v) is 3.01. The van der Waals surface area contributed by atoms with Crippen LogP contribution < -0.4 is 9.84 Å². The second-order valence-electron chi connectivity index (χ2n) is 5.07. The van der Waals surface area contributed by atoms with E-state index in [1.165, 1.54) is 13.8 Å². The summed E-state index contributed by atoms with van der Waals surface area (Å²) in [4.78, 5) is 17.1. The van der Waals surface area contributed by atoms with E-state index in [1.54, 1.807) is 48.5 Å². The van der Waals surface area contributed by atoms with Gasteiger partial charge in [-0.15, -0.1) is 0 Å². The molecular formula is C17H19N2O4P. The summed E-state index contributed by atoms with van der Waals surface area (Å²) in [6, 6.07) is 17.7. The van der Waals surface area contributed by atoms with Crippen LogP contribution in [0.4, 0.5) is 0 Å². The topological polar surface area (TPSA) is 77.0 Å². The highest BCUT2D eigenvalue weighted by Gasteiger charge is 2.22. The van der Waals surface area contributed by atoms with E-state index >= 15 is 0 Å². The molecule has 1 amide bonds. The molecule has 24 heavy (non-hydrogen) atoms. The van der Waals surface area contributed by atoms with Crippen LogP contribution in [0.1, 0.15) is 5.56 Å². The highest BCUT2D eigenvalue weighted by atomic mass is 31.2. The number of nitrogens with zero attached hydrogens (tertiary/aromatic N) is 1. The molecular weight excluding hydrogens is 327 g/mol. The Balaban J connectivity index is 2.02. The minimum Gasteiger partial charge on any atom is -0.442 e. The molecule has 1 unspecified atom stereocenters. The Kier molecular flexibility index (Phi) is 6.15. The van der Waals surface area contributed by atoms with Crippen LogP contribution in [0.25, 0.3) is 0 Å². The number of hydrogen-bond acceptors (Lipinski definition) is 5. The highest BCUT2D eigenvalue weighted by Crippen LogP contribution is 2.41. The minimum absolute atomic E-state index is 0.109. The van der Waals surface area contributed by atoms with Gasteiger partial charge in [0.1, 0.15) is 19.1 Å². The monoisotopic (exact) mass is 346 g/mol. The predicted octanol–water partition coefficient (Wildman–Crippen LogP) is 3.10. The largest absolute Gasteiger partial charge is 0.442 e. The average molecular weight is 346 g/mol. The maximum Gasteiger partial charge on any atom is 0.274 e. The normalized spacial score (nSPS) is 13.7. The standard InChI is InChI=1S/C17H19N2O4P/c1-22-19-16(14-9-5-3-6-10-14)17(20)18-13-24(2,21)23-15-11-7-4-8-12-15/h3-12H,13H2,1-2H3,(H,18,20). The summed E-state index contributed by atoms with van der Waals surface area (Å²) in [5, 5.41) is 6.34. The summed E-state index contributed by atoms with van der Waals surface area (Å²) in [6.07, 6.45) is -0.115. The third kappa shape index (κ3) is 5.25. The van der Waals surface area contributed by atoms with Gasteiger partial charge in [-0.25, -0.2) is 0 Å². The van der Waals surface area contributed by atoms with E-state index in [0.717, 1.165) is 0 Å². The van der Waals surface area contributed by atoms with Crippen molar-refractivity contribution in [3.05, 3.63) is 66.2 Å². The molecule has 7 heteroatoms.